The molecular formula is C48H32O22. The maximum absolute atomic E-state index is 14.0. The van der Waals surface area contributed by atoms with Crippen molar-refractivity contribution in [2.24, 2.45) is 34.0 Å². The Kier molecular flexibility index (Phi) is 13.3. The van der Waals surface area contributed by atoms with Crippen LogP contribution in [0.1, 0.15) is 47.8 Å². The predicted octanol–water partition coefficient (Wildman–Crippen LogP) is 3.41. The predicted molar refractivity (Wildman–Crippen MR) is 230 cm³/mol. The van der Waals surface area contributed by atoms with E-state index in [2.05, 4.69) is 0 Å². The van der Waals surface area contributed by atoms with Gasteiger partial charge >= 0.3 is 71.6 Å². The highest BCUT2D eigenvalue weighted by atomic mass is 16.6. The van der Waals surface area contributed by atoms with E-state index in [1.807, 2.05) is 0 Å². The van der Waals surface area contributed by atoms with Gasteiger partial charge in [0.25, 0.3) is 0 Å². The molecule has 3 atom stereocenters. The summed E-state index contributed by atoms with van der Waals surface area (Å²) in [7, 11) is 0. The minimum atomic E-state index is -3.26. The Bertz CT molecular complexity index is 3040. The van der Waals surface area contributed by atoms with Gasteiger partial charge in [-0.25, -0.2) is 14.4 Å². The molecule has 0 saturated carbocycles. The van der Waals surface area contributed by atoms with Crippen LogP contribution >= 0.6 is 0 Å². The summed E-state index contributed by atoms with van der Waals surface area (Å²) in [6.07, 6.45) is 6.89. The van der Waals surface area contributed by atoms with Crippen LogP contribution in [-0.2, 0) is 52.6 Å². The van der Waals surface area contributed by atoms with Crippen LogP contribution < -0.4 is 0 Å². The summed E-state index contributed by atoms with van der Waals surface area (Å²) in [4.78, 5) is 154. The number of aliphatic carboxylic acids is 6. The molecule has 3 aliphatic rings. The molecule has 22 nitrogen and oxygen atoms in total. The molecular weight excluding hydrogens is 929 g/mol. The van der Waals surface area contributed by atoms with Crippen molar-refractivity contribution < 1.29 is 108 Å². The van der Waals surface area contributed by atoms with Crippen LogP contribution in [0.3, 0.4) is 0 Å². The van der Waals surface area contributed by atoms with Gasteiger partial charge in [-0.3, -0.25) is 43.2 Å². The largest absolute Gasteiger partial charge is 0.480 e. The highest BCUT2D eigenvalue weighted by Gasteiger charge is 2.59. The Labute approximate surface area is 390 Å². The van der Waals surface area contributed by atoms with E-state index in [0.29, 0.717) is 24.3 Å². The van der Waals surface area contributed by atoms with Gasteiger partial charge in [0.2, 0.25) is 0 Å². The molecule has 3 unspecified atom stereocenters. The number of carboxylic acid groups (broad SMARTS) is 8. The van der Waals surface area contributed by atoms with E-state index in [4.69, 9.17) is 9.47 Å². The van der Waals surface area contributed by atoms with Crippen LogP contribution in [0.4, 0.5) is 0 Å². The molecule has 6 rings (SSSR count). The number of hydrogen-bond acceptors (Lipinski definition) is 14. The van der Waals surface area contributed by atoms with Gasteiger partial charge in [0.15, 0.2) is 16.2 Å². The van der Waals surface area contributed by atoms with E-state index in [1.54, 1.807) is 0 Å². The number of carboxylic acids is 8. The standard InChI is InChI=1S/C48H32O22/c49-34(50)28-7-1-4-22(16-28)25-10-13-46(40(57)58,41(59)60)31(19-25)37(54)69-36(53)30-9-3-6-24(18-30)27-12-15-48(44(65)66,45(67)68)33(21-27)39(56)70-38(55)32-20-26(11-14-47(32,42(61)62)43(63)64)23-5-2-8-29(17-23)35(51)52/h1-21,31-33H,(H,49,50)(H,51,52)(H,57,58)(H,59,60)(H,61,62)(H,63,64)(H,65,66)(H,67,68). The molecule has 22 heteroatoms. The van der Waals surface area contributed by atoms with E-state index >= 15 is 0 Å². The fraction of sp³-hybridized carbons (Fsp3) is 0.125. The Morgan fingerprint density at radius 3 is 0.929 bits per heavy atom. The second kappa shape index (κ2) is 18.8. The Morgan fingerprint density at radius 1 is 0.371 bits per heavy atom. The fourth-order valence-corrected chi connectivity index (χ4v) is 7.84. The second-order valence-electron chi connectivity index (χ2n) is 15.5. The zero-order chi connectivity index (χ0) is 51.6. The van der Waals surface area contributed by atoms with Gasteiger partial charge in [0, 0.05) is 0 Å². The SMILES string of the molecule is O=C(O)c1cccc(C2=CC(C(=O)OC(=O)c3cccc(C4=CC(C(=O)OC(=O)C5C=C(c6cccc(C(=O)O)c6)C=CC5(C(=O)O)C(=O)O)C(C(=O)O)(C(=O)O)C=C4)c3)C(C(=O)O)(C(=O)O)C=C2)c1. The third-order valence-corrected chi connectivity index (χ3v) is 11.7. The van der Waals surface area contributed by atoms with Crippen LogP contribution in [0.5, 0.6) is 0 Å². The minimum absolute atomic E-state index is 0.0228. The van der Waals surface area contributed by atoms with Crippen molar-refractivity contribution in [2.75, 3.05) is 0 Å². The lowest BCUT2D eigenvalue weighted by Crippen LogP contribution is -2.51. The quantitative estimate of drug-likeness (QED) is 0.0799. The molecule has 3 aliphatic carbocycles. The van der Waals surface area contributed by atoms with E-state index in [9.17, 15) is 98.4 Å². The summed E-state index contributed by atoms with van der Waals surface area (Å²) in [6.45, 7) is 0. The zero-order valence-corrected chi connectivity index (χ0v) is 35.1. The first kappa shape index (κ1) is 49.6. The van der Waals surface area contributed by atoms with Crippen molar-refractivity contribution in [2.45, 2.75) is 0 Å². The van der Waals surface area contributed by atoms with Crippen molar-refractivity contribution in [1.29, 1.82) is 0 Å². The average Bonchev–Trinajstić information content (AvgIpc) is 3.32. The number of carbonyl (C=O) groups excluding carboxylic acids is 4. The van der Waals surface area contributed by atoms with Gasteiger partial charge in [-0.2, -0.15) is 0 Å². The molecule has 0 aromatic heterocycles. The van der Waals surface area contributed by atoms with Gasteiger partial charge in [-0.15, -0.1) is 0 Å². The Morgan fingerprint density at radius 2 is 0.643 bits per heavy atom. The molecule has 3 aromatic carbocycles. The molecule has 0 radical (unpaired) electrons. The molecule has 0 aliphatic heterocycles. The summed E-state index contributed by atoms with van der Waals surface area (Å²) in [5.74, 6) is -29.8. The Balaban J connectivity index is 1.34. The maximum Gasteiger partial charge on any atom is 0.345 e. The molecule has 356 valence electrons. The van der Waals surface area contributed by atoms with Crippen LogP contribution in [0.15, 0.2) is 127 Å². The van der Waals surface area contributed by atoms with Crippen LogP contribution in [0, 0.1) is 34.0 Å². The zero-order valence-electron chi connectivity index (χ0n) is 35.1. The number of hydrogen-bond donors (Lipinski definition) is 8. The first-order valence-electron chi connectivity index (χ1n) is 19.8. The maximum atomic E-state index is 14.0. The van der Waals surface area contributed by atoms with Gasteiger partial charge < -0.3 is 50.3 Å². The molecule has 0 amide bonds. The highest BCUT2D eigenvalue weighted by molar-refractivity contribution is 6.12. The number of allylic oxidation sites excluding steroid dienone is 6. The lowest BCUT2D eigenvalue weighted by atomic mass is 9.70. The number of aromatic carboxylic acids is 2. The van der Waals surface area contributed by atoms with Gasteiger partial charge in [-0.05, 0) is 69.8 Å². The average molecular weight is 961 g/mol. The van der Waals surface area contributed by atoms with Gasteiger partial charge in [-0.1, -0.05) is 91.1 Å². The molecule has 0 saturated heterocycles. The third kappa shape index (κ3) is 8.65. The number of carbonyl (C=O) groups is 12. The smallest absolute Gasteiger partial charge is 0.345 e. The lowest BCUT2D eigenvalue weighted by molar-refractivity contribution is -0.180. The summed E-state index contributed by atoms with van der Waals surface area (Å²) in [5.41, 5.74) is -10.9. The first-order valence-corrected chi connectivity index (χ1v) is 19.8. The van der Waals surface area contributed by atoms with Crippen molar-refractivity contribution in [1.82, 2.24) is 0 Å². The van der Waals surface area contributed by atoms with Crippen LogP contribution in [0.2, 0.25) is 0 Å². The lowest BCUT2D eigenvalue weighted by Gasteiger charge is -2.33. The van der Waals surface area contributed by atoms with Crippen molar-refractivity contribution in [3.8, 4) is 0 Å². The first-order chi connectivity index (χ1) is 32.9. The highest BCUT2D eigenvalue weighted by Crippen LogP contribution is 2.44. The van der Waals surface area contributed by atoms with Gasteiger partial charge in [0.05, 0.1) is 16.7 Å². The van der Waals surface area contributed by atoms with E-state index in [-0.39, 0.29) is 44.5 Å². The molecule has 70 heavy (non-hydrogen) atoms. The molecule has 0 bridgehead atoms. The third-order valence-electron chi connectivity index (χ3n) is 11.7. The summed E-state index contributed by atoms with van der Waals surface area (Å²) >= 11 is 0. The monoisotopic (exact) mass is 960 g/mol. The molecule has 0 fully saturated rings. The van der Waals surface area contributed by atoms with Crippen LogP contribution in [-0.4, -0.2) is 112 Å². The minimum Gasteiger partial charge on any atom is -0.480 e. The number of esters is 4. The van der Waals surface area contributed by atoms with Crippen molar-refractivity contribution >= 4 is 88.4 Å². The molecule has 0 heterocycles. The fourth-order valence-electron chi connectivity index (χ4n) is 7.84. The number of ether oxygens (including phenoxy) is 2. The summed E-state index contributed by atoms with van der Waals surface area (Å²) < 4.78 is 9.90. The summed E-state index contributed by atoms with van der Waals surface area (Å²) in [6, 6.07) is 14.3. The normalized spacial score (nSPS) is 19.1. The van der Waals surface area contributed by atoms with E-state index < -0.39 is 111 Å². The molecule has 3 aromatic rings. The molecule has 8 N–H and O–H groups in total. The van der Waals surface area contributed by atoms with Crippen molar-refractivity contribution in [3.63, 3.8) is 0 Å². The van der Waals surface area contributed by atoms with Crippen molar-refractivity contribution in [3.05, 3.63) is 161 Å². The number of rotatable bonds is 15. The second-order valence-corrected chi connectivity index (χ2v) is 15.5. The van der Waals surface area contributed by atoms with E-state index in [0.717, 1.165) is 60.7 Å². The van der Waals surface area contributed by atoms with Crippen LogP contribution in [0.25, 0.3) is 16.7 Å². The molecule has 0 spiro atoms. The Hall–Kier alpha value is -9.86. The van der Waals surface area contributed by atoms with E-state index in [1.165, 1.54) is 42.5 Å². The summed E-state index contributed by atoms with van der Waals surface area (Å²) in [5, 5.41) is 79.7. The topological polar surface area (TPSA) is 385 Å². The van der Waals surface area contributed by atoms with Gasteiger partial charge in [0.1, 0.15) is 17.8 Å². The number of benzene rings is 3.